The van der Waals surface area contributed by atoms with Gasteiger partial charge in [0.1, 0.15) is 0 Å². The first-order valence-electron chi connectivity index (χ1n) is 8.35. The van der Waals surface area contributed by atoms with Crippen molar-refractivity contribution in [1.82, 2.24) is 9.80 Å². The molecule has 1 unspecified atom stereocenters. The molecule has 1 aromatic heterocycles. The van der Waals surface area contributed by atoms with E-state index in [1.807, 2.05) is 19.2 Å². The highest BCUT2D eigenvalue weighted by molar-refractivity contribution is 7.20. The van der Waals surface area contributed by atoms with Crippen molar-refractivity contribution >= 4 is 39.0 Å². The third-order valence-corrected chi connectivity index (χ3v) is 6.28. The molecule has 1 aromatic carbocycles. The fraction of sp³-hybridized carbons (Fsp3) is 0.500. The minimum Gasteiger partial charge on any atom is -0.480 e. The van der Waals surface area contributed by atoms with E-state index >= 15 is 0 Å². The van der Waals surface area contributed by atoms with Gasteiger partial charge in [0.25, 0.3) is 0 Å². The van der Waals surface area contributed by atoms with Crippen molar-refractivity contribution < 1.29 is 14.6 Å². The van der Waals surface area contributed by atoms with Crippen molar-refractivity contribution in [3.05, 3.63) is 33.7 Å². The molecule has 1 aliphatic heterocycles. The van der Waals surface area contributed by atoms with Gasteiger partial charge in [0.2, 0.25) is 0 Å². The van der Waals surface area contributed by atoms with Gasteiger partial charge in [-0.15, -0.1) is 11.3 Å². The predicted molar refractivity (Wildman–Crippen MR) is 102 cm³/mol. The van der Waals surface area contributed by atoms with Crippen LogP contribution in [-0.4, -0.2) is 66.8 Å². The molecule has 0 radical (unpaired) electrons. The van der Waals surface area contributed by atoms with E-state index in [4.69, 9.17) is 21.4 Å². The summed E-state index contributed by atoms with van der Waals surface area (Å²) in [6, 6.07) is 6.06. The molecule has 0 bridgehead atoms. The molecule has 0 amide bonds. The van der Waals surface area contributed by atoms with Crippen LogP contribution >= 0.6 is 22.9 Å². The number of rotatable bonds is 6. The molecule has 1 saturated heterocycles. The monoisotopic (exact) mass is 382 g/mol. The Morgan fingerprint density at radius 2 is 2.32 bits per heavy atom. The van der Waals surface area contributed by atoms with Crippen molar-refractivity contribution in [2.75, 3.05) is 39.8 Å². The lowest BCUT2D eigenvalue weighted by Gasteiger charge is -2.34. The number of carbonyl (C=O) groups is 1. The molecule has 1 N–H and O–H groups in total. The van der Waals surface area contributed by atoms with Crippen LogP contribution in [0.2, 0.25) is 5.02 Å². The molecule has 0 aliphatic carbocycles. The van der Waals surface area contributed by atoms with Crippen LogP contribution in [0.4, 0.5) is 0 Å². The van der Waals surface area contributed by atoms with Gasteiger partial charge >= 0.3 is 5.97 Å². The van der Waals surface area contributed by atoms with Crippen LogP contribution in [0.15, 0.2) is 18.2 Å². The van der Waals surface area contributed by atoms with Gasteiger partial charge in [-0.1, -0.05) is 23.7 Å². The Morgan fingerprint density at radius 1 is 1.52 bits per heavy atom. The molecular formula is C18H23ClN2O3S. The summed E-state index contributed by atoms with van der Waals surface area (Å²) < 4.78 is 6.97. The normalized spacial score (nSPS) is 19.0. The Hall–Kier alpha value is -1.18. The second-order valence-corrected chi connectivity index (χ2v) is 8.10. The SMILES string of the molecule is Cc1c(CN2CCOC(CN(C)CC(=O)O)C2)sc2c(Cl)cccc12. The van der Waals surface area contributed by atoms with Crippen LogP contribution in [0.5, 0.6) is 0 Å². The quantitative estimate of drug-likeness (QED) is 0.832. The number of hydrogen-bond donors (Lipinski definition) is 1. The number of morpholine rings is 1. The van der Waals surface area contributed by atoms with Gasteiger partial charge in [-0.05, 0) is 31.0 Å². The number of carboxylic acids is 1. The van der Waals surface area contributed by atoms with Crippen molar-refractivity contribution in [2.24, 2.45) is 0 Å². The molecule has 5 nitrogen and oxygen atoms in total. The van der Waals surface area contributed by atoms with Gasteiger partial charge in [0.15, 0.2) is 0 Å². The molecule has 136 valence electrons. The maximum absolute atomic E-state index is 10.8. The first kappa shape index (κ1) is 18.6. The second kappa shape index (κ2) is 8.01. The average molecular weight is 383 g/mol. The number of halogens is 1. The number of aliphatic carboxylic acids is 1. The van der Waals surface area contributed by atoms with E-state index in [9.17, 15) is 4.79 Å². The minimum atomic E-state index is -0.812. The Balaban J connectivity index is 1.66. The third kappa shape index (κ3) is 4.51. The maximum Gasteiger partial charge on any atom is 0.317 e. The molecule has 25 heavy (non-hydrogen) atoms. The standard InChI is InChI=1S/C18H23ClN2O3S/c1-12-14-4-3-5-15(19)18(14)25-16(12)10-21-6-7-24-13(9-21)8-20(2)11-17(22)23/h3-5,13H,6-11H2,1-2H3,(H,22,23). The van der Waals surface area contributed by atoms with E-state index in [0.717, 1.165) is 29.4 Å². The van der Waals surface area contributed by atoms with E-state index in [0.29, 0.717) is 13.2 Å². The van der Waals surface area contributed by atoms with Gasteiger partial charge in [0, 0.05) is 31.1 Å². The number of aryl methyl sites for hydroxylation is 1. The summed E-state index contributed by atoms with van der Waals surface area (Å²) in [6.07, 6.45) is 0.0383. The zero-order chi connectivity index (χ0) is 18.0. The summed E-state index contributed by atoms with van der Waals surface area (Å²) in [5.74, 6) is -0.812. The molecular weight excluding hydrogens is 360 g/mol. The Morgan fingerprint density at radius 3 is 3.04 bits per heavy atom. The number of hydrogen-bond acceptors (Lipinski definition) is 5. The summed E-state index contributed by atoms with van der Waals surface area (Å²) in [6.45, 7) is 6.07. The molecule has 1 atom stereocenters. The molecule has 3 rings (SSSR count). The maximum atomic E-state index is 10.8. The smallest absolute Gasteiger partial charge is 0.317 e. The molecule has 1 aliphatic rings. The Bertz CT molecular complexity index is 764. The first-order chi connectivity index (χ1) is 11.9. The van der Waals surface area contributed by atoms with Crippen LogP contribution in [-0.2, 0) is 16.1 Å². The van der Waals surface area contributed by atoms with E-state index in [2.05, 4.69) is 17.9 Å². The van der Waals surface area contributed by atoms with Gasteiger partial charge in [0.05, 0.1) is 29.0 Å². The number of fused-ring (bicyclic) bond motifs is 1. The summed E-state index contributed by atoms with van der Waals surface area (Å²) in [4.78, 5) is 16.3. The number of thiophene rings is 1. The molecule has 0 saturated carbocycles. The van der Waals surface area contributed by atoms with Crippen molar-refractivity contribution in [1.29, 1.82) is 0 Å². The summed E-state index contributed by atoms with van der Waals surface area (Å²) in [5.41, 5.74) is 1.30. The van der Waals surface area contributed by atoms with Crippen LogP contribution in [0.25, 0.3) is 10.1 Å². The van der Waals surface area contributed by atoms with Gasteiger partial charge < -0.3 is 9.84 Å². The lowest BCUT2D eigenvalue weighted by Crippen LogP contribution is -2.47. The van der Waals surface area contributed by atoms with Crippen LogP contribution in [0.1, 0.15) is 10.4 Å². The minimum absolute atomic E-state index is 0.0355. The van der Waals surface area contributed by atoms with Gasteiger partial charge in [-0.25, -0.2) is 0 Å². The molecule has 2 aromatic rings. The Kier molecular flexibility index (Phi) is 5.96. The van der Waals surface area contributed by atoms with Crippen LogP contribution < -0.4 is 0 Å². The van der Waals surface area contributed by atoms with Crippen molar-refractivity contribution in [3.63, 3.8) is 0 Å². The second-order valence-electron chi connectivity index (χ2n) is 6.59. The number of likely N-dealkylation sites (N-methyl/N-ethyl adjacent to an activating group) is 1. The van der Waals surface area contributed by atoms with Crippen LogP contribution in [0, 0.1) is 6.92 Å². The highest BCUT2D eigenvalue weighted by Crippen LogP contribution is 2.36. The molecule has 0 spiro atoms. The third-order valence-electron chi connectivity index (χ3n) is 4.53. The van der Waals surface area contributed by atoms with Crippen molar-refractivity contribution in [3.8, 4) is 0 Å². The van der Waals surface area contributed by atoms with Crippen LogP contribution in [0.3, 0.4) is 0 Å². The summed E-state index contributed by atoms with van der Waals surface area (Å²) in [5, 5.41) is 10.9. The van der Waals surface area contributed by atoms with Gasteiger partial charge in [-0.2, -0.15) is 0 Å². The van der Waals surface area contributed by atoms with E-state index in [1.54, 1.807) is 16.2 Å². The van der Waals surface area contributed by atoms with Gasteiger partial charge in [-0.3, -0.25) is 14.6 Å². The zero-order valence-electron chi connectivity index (χ0n) is 14.5. The number of ether oxygens (including phenoxy) is 1. The fourth-order valence-corrected chi connectivity index (χ4v) is 4.83. The predicted octanol–water partition coefficient (Wildman–Crippen LogP) is 3.08. The number of carboxylic acid groups (broad SMARTS) is 1. The highest BCUT2D eigenvalue weighted by atomic mass is 35.5. The number of benzene rings is 1. The van der Waals surface area contributed by atoms with E-state index < -0.39 is 5.97 Å². The average Bonchev–Trinajstić information content (AvgIpc) is 2.85. The molecule has 1 fully saturated rings. The lowest BCUT2D eigenvalue weighted by atomic mass is 10.1. The topological polar surface area (TPSA) is 53.0 Å². The summed E-state index contributed by atoms with van der Waals surface area (Å²) >= 11 is 8.10. The molecule has 7 heteroatoms. The van der Waals surface area contributed by atoms with Crippen molar-refractivity contribution in [2.45, 2.75) is 19.6 Å². The fourth-order valence-electron chi connectivity index (χ4n) is 3.29. The lowest BCUT2D eigenvalue weighted by molar-refractivity contribution is -0.138. The Labute approximate surface area is 156 Å². The van der Waals surface area contributed by atoms with E-state index in [1.165, 1.54) is 15.8 Å². The highest BCUT2D eigenvalue weighted by Gasteiger charge is 2.23. The first-order valence-corrected chi connectivity index (χ1v) is 9.54. The zero-order valence-corrected chi connectivity index (χ0v) is 16.1. The molecule has 2 heterocycles. The largest absolute Gasteiger partial charge is 0.480 e. The van der Waals surface area contributed by atoms with E-state index in [-0.39, 0.29) is 12.6 Å². The summed E-state index contributed by atoms with van der Waals surface area (Å²) in [7, 11) is 1.81. The number of nitrogens with zero attached hydrogens (tertiary/aromatic N) is 2.